The zero-order valence-corrected chi connectivity index (χ0v) is 6.38. The van der Waals surface area contributed by atoms with Crippen molar-refractivity contribution in [2.75, 3.05) is 0 Å². The lowest BCUT2D eigenvalue weighted by Gasteiger charge is -2.05. The van der Waals surface area contributed by atoms with E-state index in [2.05, 4.69) is 5.29 Å². The lowest BCUT2D eigenvalue weighted by Crippen LogP contribution is -2.12. The number of amides is 1. The summed E-state index contributed by atoms with van der Waals surface area (Å²) in [7, 11) is 0. The summed E-state index contributed by atoms with van der Waals surface area (Å²) in [5.74, 6) is 0. The molecule has 1 rings (SSSR count). The third kappa shape index (κ3) is 2.16. The average molecular weight is 164 g/mol. The molecule has 1 amide bonds. The number of benzene rings is 1. The van der Waals surface area contributed by atoms with Crippen LogP contribution in [0.3, 0.4) is 0 Å². The smallest absolute Gasteiger partial charge is 0.232 e. The van der Waals surface area contributed by atoms with Crippen molar-refractivity contribution in [2.24, 2.45) is 5.29 Å². The Balaban J connectivity index is 2.62. The Morgan fingerprint density at radius 3 is 2.50 bits per heavy atom. The first-order valence-electron chi connectivity index (χ1n) is 3.46. The first-order valence-corrected chi connectivity index (χ1v) is 3.46. The Morgan fingerprint density at radius 2 is 2.00 bits per heavy atom. The second kappa shape index (κ2) is 4.23. The molecule has 1 aromatic rings. The largest absolute Gasteiger partial charge is 0.277 e. The Labute approximate surface area is 69.7 Å². The van der Waals surface area contributed by atoms with Gasteiger partial charge in [-0.2, -0.15) is 5.01 Å². The minimum atomic E-state index is 0.230. The maximum absolute atomic E-state index is 10.2. The van der Waals surface area contributed by atoms with Crippen molar-refractivity contribution in [3.63, 3.8) is 0 Å². The van der Waals surface area contributed by atoms with E-state index in [-0.39, 0.29) is 6.54 Å². The molecule has 0 radical (unpaired) electrons. The molecule has 0 saturated carbocycles. The van der Waals surface area contributed by atoms with Gasteiger partial charge in [-0.25, -0.2) is 0 Å². The normalized spacial score (nSPS) is 9.00. The molecule has 0 saturated heterocycles. The lowest BCUT2D eigenvalue weighted by atomic mass is 10.2. The van der Waals surface area contributed by atoms with Crippen LogP contribution in [0.4, 0.5) is 0 Å². The first kappa shape index (κ1) is 8.39. The second-order valence-corrected chi connectivity index (χ2v) is 2.27. The van der Waals surface area contributed by atoms with Crippen LogP contribution in [0.1, 0.15) is 5.56 Å². The summed E-state index contributed by atoms with van der Waals surface area (Å²) in [4.78, 5) is 20.2. The molecule has 0 heterocycles. The first-order chi connectivity index (χ1) is 5.86. The molecule has 4 nitrogen and oxygen atoms in total. The SMILES string of the molecule is O=CN(Cc1ccccc1)N=O. The topological polar surface area (TPSA) is 49.7 Å². The van der Waals surface area contributed by atoms with E-state index in [0.29, 0.717) is 6.41 Å². The summed E-state index contributed by atoms with van der Waals surface area (Å²) >= 11 is 0. The average Bonchev–Trinajstić information content (AvgIpc) is 2.16. The molecule has 0 aromatic heterocycles. The summed E-state index contributed by atoms with van der Waals surface area (Å²) in [5, 5.41) is 3.32. The Morgan fingerprint density at radius 1 is 1.33 bits per heavy atom. The molecule has 0 unspecified atom stereocenters. The van der Waals surface area contributed by atoms with Crippen molar-refractivity contribution in [3.05, 3.63) is 40.8 Å². The van der Waals surface area contributed by atoms with Crippen molar-refractivity contribution in [2.45, 2.75) is 6.54 Å². The fourth-order valence-electron chi connectivity index (χ4n) is 0.856. The van der Waals surface area contributed by atoms with Crippen LogP contribution in [-0.2, 0) is 11.3 Å². The molecule has 0 aliphatic heterocycles. The van der Waals surface area contributed by atoms with Gasteiger partial charge < -0.3 is 0 Å². The molecule has 1 aromatic carbocycles. The summed E-state index contributed by atoms with van der Waals surface area (Å²) in [6.45, 7) is 0.230. The summed E-state index contributed by atoms with van der Waals surface area (Å²) in [6, 6.07) is 9.18. The van der Waals surface area contributed by atoms with Gasteiger partial charge in [0.1, 0.15) is 0 Å². The molecular weight excluding hydrogens is 156 g/mol. The molecule has 0 atom stereocenters. The maximum Gasteiger partial charge on any atom is 0.232 e. The predicted molar refractivity (Wildman–Crippen MR) is 43.8 cm³/mol. The Bertz CT molecular complexity index is 253. The van der Waals surface area contributed by atoms with Gasteiger partial charge in [-0.15, -0.1) is 4.91 Å². The number of nitrogens with zero attached hydrogens (tertiary/aromatic N) is 2. The molecule has 4 heteroatoms. The number of hydrogen-bond donors (Lipinski definition) is 0. The summed E-state index contributed by atoms with van der Waals surface area (Å²) in [6.07, 6.45) is 0.403. The van der Waals surface area contributed by atoms with Gasteiger partial charge in [0, 0.05) is 0 Å². The van der Waals surface area contributed by atoms with E-state index in [9.17, 15) is 9.70 Å². The highest BCUT2D eigenvalue weighted by Gasteiger charge is 2.00. The Hall–Kier alpha value is -1.71. The predicted octanol–water partition coefficient (Wildman–Crippen LogP) is 1.33. The highest BCUT2D eigenvalue weighted by Crippen LogP contribution is 2.01. The van der Waals surface area contributed by atoms with Crippen LogP contribution in [0.25, 0.3) is 0 Å². The summed E-state index contributed by atoms with van der Waals surface area (Å²) in [5.41, 5.74) is 0.879. The molecule has 62 valence electrons. The van der Waals surface area contributed by atoms with Crippen LogP contribution in [0.15, 0.2) is 35.6 Å². The minimum absolute atomic E-state index is 0.230. The monoisotopic (exact) mass is 164 g/mol. The van der Waals surface area contributed by atoms with Crippen LogP contribution >= 0.6 is 0 Å². The quantitative estimate of drug-likeness (QED) is 0.383. The van der Waals surface area contributed by atoms with E-state index in [4.69, 9.17) is 0 Å². The molecule has 12 heavy (non-hydrogen) atoms. The van der Waals surface area contributed by atoms with Crippen LogP contribution in [0.5, 0.6) is 0 Å². The second-order valence-electron chi connectivity index (χ2n) is 2.27. The number of carbonyl (C=O) groups is 1. The standard InChI is InChI=1S/C8H8N2O2/c11-7-10(9-12)6-8-4-2-1-3-5-8/h1-5,7H,6H2. The van der Waals surface area contributed by atoms with Gasteiger partial charge in [0.15, 0.2) is 0 Å². The molecule has 0 aliphatic carbocycles. The number of carbonyl (C=O) groups excluding carboxylic acids is 1. The van der Waals surface area contributed by atoms with E-state index >= 15 is 0 Å². The van der Waals surface area contributed by atoms with E-state index in [1.165, 1.54) is 0 Å². The van der Waals surface area contributed by atoms with Gasteiger partial charge in [0.25, 0.3) is 0 Å². The van der Waals surface area contributed by atoms with Crippen LogP contribution in [0, 0.1) is 4.91 Å². The zero-order chi connectivity index (χ0) is 8.81. The van der Waals surface area contributed by atoms with Gasteiger partial charge in [-0.3, -0.25) is 4.79 Å². The van der Waals surface area contributed by atoms with E-state index < -0.39 is 0 Å². The highest BCUT2D eigenvalue weighted by molar-refractivity contribution is 5.46. The molecule has 0 N–H and O–H groups in total. The van der Waals surface area contributed by atoms with Crippen molar-refractivity contribution >= 4 is 6.41 Å². The van der Waals surface area contributed by atoms with Crippen molar-refractivity contribution in [3.8, 4) is 0 Å². The van der Waals surface area contributed by atoms with E-state index in [1.807, 2.05) is 30.3 Å². The molecule has 0 fully saturated rings. The molecule has 0 aliphatic rings. The van der Waals surface area contributed by atoms with Crippen molar-refractivity contribution < 1.29 is 4.79 Å². The fourth-order valence-corrected chi connectivity index (χ4v) is 0.856. The molecule has 0 spiro atoms. The highest BCUT2D eigenvalue weighted by atomic mass is 16.3. The van der Waals surface area contributed by atoms with Crippen molar-refractivity contribution in [1.82, 2.24) is 5.01 Å². The minimum Gasteiger partial charge on any atom is -0.277 e. The van der Waals surface area contributed by atoms with Gasteiger partial charge in [-0.05, 0) is 5.56 Å². The van der Waals surface area contributed by atoms with Crippen LogP contribution in [0.2, 0.25) is 0 Å². The molecular formula is C8H8N2O2. The van der Waals surface area contributed by atoms with Gasteiger partial charge in [0.05, 0.1) is 11.8 Å². The zero-order valence-electron chi connectivity index (χ0n) is 6.38. The Kier molecular flexibility index (Phi) is 2.95. The van der Waals surface area contributed by atoms with Crippen LogP contribution < -0.4 is 0 Å². The van der Waals surface area contributed by atoms with Gasteiger partial charge >= 0.3 is 0 Å². The lowest BCUT2D eigenvalue weighted by molar-refractivity contribution is -0.118. The number of hydrogen-bond acceptors (Lipinski definition) is 3. The third-order valence-corrected chi connectivity index (χ3v) is 1.41. The van der Waals surface area contributed by atoms with Crippen LogP contribution in [-0.4, -0.2) is 11.4 Å². The number of rotatable bonds is 4. The fraction of sp³-hybridized carbons (Fsp3) is 0.125. The van der Waals surface area contributed by atoms with E-state index in [1.54, 1.807) is 0 Å². The van der Waals surface area contributed by atoms with Crippen molar-refractivity contribution in [1.29, 1.82) is 0 Å². The van der Waals surface area contributed by atoms with E-state index in [0.717, 1.165) is 10.6 Å². The number of nitroso groups, excluding NO2 is 1. The van der Waals surface area contributed by atoms with Gasteiger partial charge in [0.2, 0.25) is 6.41 Å². The summed E-state index contributed by atoms with van der Waals surface area (Å²) < 4.78 is 0. The third-order valence-electron chi connectivity index (χ3n) is 1.41. The maximum atomic E-state index is 10.2. The molecule has 0 bridgehead atoms. The van der Waals surface area contributed by atoms with Gasteiger partial charge in [-0.1, -0.05) is 30.3 Å².